The number of hydrogen-bond donors (Lipinski definition) is 0. The first-order chi connectivity index (χ1) is 6.24. The average molecular weight is 183 g/mol. The van der Waals surface area contributed by atoms with Gasteiger partial charge in [-0.25, -0.2) is 0 Å². The monoisotopic (exact) mass is 183 g/mol. The highest BCUT2D eigenvalue weighted by molar-refractivity contribution is 4.92. The van der Waals surface area contributed by atoms with Crippen LogP contribution in [-0.4, -0.2) is 36.7 Å². The fraction of sp³-hybridized carbons (Fsp3) is 1.00. The average Bonchev–Trinajstić information content (AvgIpc) is 2.55. The molecule has 0 aromatic carbocycles. The Morgan fingerprint density at radius 1 is 1.31 bits per heavy atom. The lowest BCUT2D eigenvalue weighted by molar-refractivity contribution is -0.0745. The summed E-state index contributed by atoms with van der Waals surface area (Å²) in [7, 11) is 2.21. The summed E-state index contributed by atoms with van der Waals surface area (Å²) in [6.45, 7) is 4.67. The van der Waals surface area contributed by atoms with Crippen molar-refractivity contribution >= 4 is 0 Å². The molecule has 0 aromatic rings. The van der Waals surface area contributed by atoms with Crippen LogP contribution in [0.4, 0.5) is 0 Å². The van der Waals surface area contributed by atoms with Gasteiger partial charge in [0.1, 0.15) is 0 Å². The molecule has 76 valence electrons. The van der Waals surface area contributed by atoms with Crippen LogP contribution in [-0.2, 0) is 4.74 Å². The Morgan fingerprint density at radius 3 is 2.54 bits per heavy atom. The second kappa shape index (κ2) is 3.58. The van der Waals surface area contributed by atoms with E-state index in [0.29, 0.717) is 6.10 Å². The maximum absolute atomic E-state index is 6.16. The van der Waals surface area contributed by atoms with Crippen molar-refractivity contribution < 1.29 is 4.74 Å². The van der Waals surface area contributed by atoms with Gasteiger partial charge in [-0.3, -0.25) is 0 Å². The van der Waals surface area contributed by atoms with Crippen molar-refractivity contribution in [2.75, 3.05) is 20.1 Å². The van der Waals surface area contributed by atoms with Crippen LogP contribution in [0.3, 0.4) is 0 Å². The number of rotatable bonds is 1. The highest BCUT2D eigenvalue weighted by Crippen LogP contribution is 2.39. The van der Waals surface area contributed by atoms with E-state index >= 15 is 0 Å². The van der Waals surface area contributed by atoms with Gasteiger partial charge in [-0.1, -0.05) is 6.92 Å². The van der Waals surface area contributed by atoms with Crippen LogP contribution in [0.25, 0.3) is 0 Å². The largest absolute Gasteiger partial charge is 0.372 e. The standard InChI is InChI=1S/C11H21NO/c1-3-10-4-5-11(13-10)6-8-12(2)9-7-11/h10H,3-9H2,1-2H3. The van der Waals surface area contributed by atoms with Crippen molar-refractivity contribution in [2.24, 2.45) is 0 Å². The van der Waals surface area contributed by atoms with E-state index in [-0.39, 0.29) is 5.60 Å². The molecule has 0 radical (unpaired) electrons. The van der Waals surface area contributed by atoms with E-state index in [0.717, 1.165) is 0 Å². The summed E-state index contributed by atoms with van der Waals surface area (Å²) in [5, 5.41) is 0. The first kappa shape index (κ1) is 9.47. The second-order valence-electron chi connectivity index (χ2n) is 4.67. The Bertz CT molecular complexity index is 173. The van der Waals surface area contributed by atoms with Crippen molar-refractivity contribution in [3.63, 3.8) is 0 Å². The number of likely N-dealkylation sites (tertiary alicyclic amines) is 1. The van der Waals surface area contributed by atoms with E-state index in [2.05, 4.69) is 18.9 Å². The lowest BCUT2D eigenvalue weighted by Crippen LogP contribution is -2.42. The fourth-order valence-corrected chi connectivity index (χ4v) is 2.58. The van der Waals surface area contributed by atoms with E-state index in [1.54, 1.807) is 0 Å². The molecule has 0 amide bonds. The molecular formula is C11H21NO. The zero-order valence-corrected chi connectivity index (χ0v) is 8.88. The van der Waals surface area contributed by atoms with Crippen molar-refractivity contribution in [1.82, 2.24) is 4.90 Å². The minimum Gasteiger partial charge on any atom is -0.372 e. The van der Waals surface area contributed by atoms with Crippen molar-refractivity contribution in [2.45, 2.75) is 50.7 Å². The highest BCUT2D eigenvalue weighted by Gasteiger charge is 2.40. The fourth-order valence-electron chi connectivity index (χ4n) is 2.58. The first-order valence-corrected chi connectivity index (χ1v) is 5.60. The van der Waals surface area contributed by atoms with E-state index in [1.807, 2.05) is 0 Å². The van der Waals surface area contributed by atoms with Gasteiger partial charge in [-0.05, 0) is 39.2 Å². The highest BCUT2D eigenvalue weighted by atomic mass is 16.5. The van der Waals surface area contributed by atoms with E-state index in [4.69, 9.17) is 4.74 Å². The van der Waals surface area contributed by atoms with Crippen LogP contribution in [0.2, 0.25) is 0 Å². The molecule has 2 heteroatoms. The topological polar surface area (TPSA) is 12.5 Å². The quantitative estimate of drug-likeness (QED) is 0.617. The number of hydrogen-bond acceptors (Lipinski definition) is 2. The molecule has 2 aliphatic heterocycles. The molecular weight excluding hydrogens is 162 g/mol. The molecule has 13 heavy (non-hydrogen) atoms. The number of ether oxygens (including phenoxy) is 1. The van der Waals surface area contributed by atoms with Crippen molar-refractivity contribution in [3.05, 3.63) is 0 Å². The molecule has 0 aromatic heterocycles. The molecule has 2 rings (SSSR count). The smallest absolute Gasteiger partial charge is 0.0711 e. The maximum atomic E-state index is 6.16. The Hall–Kier alpha value is -0.0800. The summed E-state index contributed by atoms with van der Waals surface area (Å²) < 4.78 is 6.16. The molecule has 0 bridgehead atoms. The van der Waals surface area contributed by atoms with E-state index in [9.17, 15) is 0 Å². The van der Waals surface area contributed by atoms with E-state index < -0.39 is 0 Å². The summed E-state index contributed by atoms with van der Waals surface area (Å²) >= 11 is 0. The van der Waals surface area contributed by atoms with Crippen molar-refractivity contribution in [1.29, 1.82) is 0 Å². The number of nitrogens with zero attached hydrogens (tertiary/aromatic N) is 1. The van der Waals surface area contributed by atoms with Gasteiger partial charge in [0.05, 0.1) is 11.7 Å². The number of piperidine rings is 1. The lowest BCUT2D eigenvalue weighted by Gasteiger charge is -2.37. The predicted molar refractivity (Wildman–Crippen MR) is 53.9 cm³/mol. The van der Waals surface area contributed by atoms with Gasteiger partial charge in [0.2, 0.25) is 0 Å². The Balaban J connectivity index is 1.92. The van der Waals surface area contributed by atoms with Gasteiger partial charge in [-0.2, -0.15) is 0 Å². The third kappa shape index (κ3) is 1.89. The molecule has 2 nitrogen and oxygen atoms in total. The van der Waals surface area contributed by atoms with Crippen LogP contribution < -0.4 is 0 Å². The molecule has 0 N–H and O–H groups in total. The van der Waals surface area contributed by atoms with Crippen LogP contribution in [0.5, 0.6) is 0 Å². The van der Waals surface area contributed by atoms with Gasteiger partial charge < -0.3 is 9.64 Å². The zero-order chi connectivity index (χ0) is 9.31. The van der Waals surface area contributed by atoms with Crippen molar-refractivity contribution in [3.8, 4) is 0 Å². The molecule has 2 fully saturated rings. The first-order valence-electron chi connectivity index (χ1n) is 5.60. The summed E-state index contributed by atoms with van der Waals surface area (Å²) in [5.41, 5.74) is 0.285. The SMILES string of the molecule is CCC1CCC2(CCN(C)CC2)O1. The molecule has 1 atom stereocenters. The maximum Gasteiger partial charge on any atom is 0.0711 e. The zero-order valence-electron chi connectivity index (χ0n) is 8.88. The lowest BCUT2D eigenvalue weighted by atomic mass is 9.89. The predicted octanol–water partition coefficient (Wildman–Crippen LogP) is 2.04. The molecule has 1 unspecified atom stereocenters. The second-order valence-corrected chi connectivity index (χ2v) is 4.67. The molecule has 0 saturated carbocycles. The normalized spacial score (nSPS) is 34.2. The van der Waals surface area contributed by atoms with Crippen LogP contribution in [0.1, 0.15) is 39.0 Å². The Labute approximate surface area is 81.3 Å². The van der Waals surface area contributed by atoms with Crippen LogP contribution in [0, 0.1) is 0 Å². The summed E-state index contributed by atoms with van der Waals surface area (Å²) in [6, 6.07) is 0. The molecule has 2 heterocycles. The van der Waals surface area contributed by atoms with Gasteiger partial charge in [0, 0.05) is 13.1 Å². The minimum absolute atomic E-state index is 0.285. The molecule has 0 aliphatic carbocycles. The van der Waals surface area contributed by atoms with E-state index in [1.165, 1.54) is 45.2 Å². The van der Waals surface area contributed by atoms with Gasteiger partial charge in [0.15, 0.2) is 0 Å². The van der Waals surface area contributed by atoms with Crippen LogP contribution in [0.15, 0.2) is 0 Å². The summed E-state index contributed by atoms with van der Waals surface area (Å²) in [4.78, 5) is 2.41. The van der Waals surface area contributed by atoms with Gasteiger partial charge in [0.25, 0.3) is 0 Å². The van der Waals surface area contributed by atoms with Crippen LogP contribution >= 0.6 is 0 Å². The summed E-state index contributed by atoms with van der Waals surface area (Å²) in [5.74, 6) is 0. The molecule has 2 saturated heterocycles. The Morgan fingerprint density at radius 2 is 2.00 bits per heavy atom. The Kier molecular flexibility index (Phi) is 2.61. The summed E-state index contributed by atoms with van der Waals surface area (Å²) in [6.07, 6.45) is 6.85. The van der Waals surface area contributed by atoms with Gasteiger partial charge >= 0.3 is 0 Å². The molecule has 2 aliphatic rings. The third-order valence-corrected chi connectivity index (χ3v) is 3.69. The molecule has 1 spiro atoms. The minimum atomic E-state index is 0.285. The third-order valence-electron chi connectivity index (χ3n) is 3.69. The van der Waals surface area contributed by atoms with Gasteiger partial charge in [-0.15, -0.1) is 0 Å².